The molecule has 132 valence electrons. The number of carbonyl (C=O) groups is 1. The summed E-state index contributed by atoms with van der Waals surface area (Å²) in [5.74, 6) is 0. The van der Waals surface area contributed by atoms with Gasteiger partial charge in [0.1, 0.15) is 11.0 Å². The lowest BCUT2D eigenvalue weighted by Gasteiger charge is -2.12. The minimum atomic E-state index is -4.04. The minimum Gasteiger partial charge on any atom is -0.450 e. The molecule has 0 atom stereocenters. The van der Waals surface area contributed by atoms with Gasteiger partial charge in [0, 0.05) is 16.8 Å². The van der Waals surface area contributed by atoms with Crippen LogP contribution in [0.5, 0.6) is 0 Å². The summed E-state index contributed by atoms with van der Waals surface area (Å²) in [4.78, 5) is 11.5. The quantitative estimate of drug-likeness (QED) is 0.602. The van der Waals surface area contributed by atoms with Crippen molar-refractivity contribution in [3.8, 4) is 6.07 Å². The monoisotopic (exact) mass is 390 g/mol. The Morgan fingerprint density at radius 3 is 2.71 bits per heavy atom. The zero-order valence-electron chi connectivity index (χ0n) is 13.2. The molecular weight excluding hydrogens is 372 g/mol. The molecule has 0 aliphatic rings. The van der Waals surface area contributed by atoms with Gasteiger partial charge in [0.15, 0.2) is 5.11 Å². The summed E-state index contributed by atoms with van der Waals surface area (Å²) in [6, 6.07) is 1.83. The van der Waals surface area contributed by atoms with Crippen LogP contribution in [0.15, 0.2) is 10.3 Å². The molecule has 0 aromatic carbocycles. The summed E-state index contributed by atoms with van der Waals surface area (Å²) in [7, 11) is -4.04. The van der Waals surface area contributed by atoms with E-state index in [1.807, 2.05) is 13.0 Å². The molecule has 1 aromatic rings. The number of hydrogen-bond donors (Lipinski definition) is 3. The van der Waals surface area contributed by atoms with Crippen LogP contribution >= 0.6 is 23.6 Å². The first-order valence-electron chi connectivity index (χ1n) is 7.07. The Bertz CT molecular complexity index is 737. The number of thiophene rings is 1. The van der Waals surface area contributed by atoms with Crippen LogP contribution in [0.4, 0.5) is 4.79 Å². The number of nitrogens with one attached hydrogen (secondary N) is 3. The van der Waals surface area contributed by atoms with Gasteiger partial charge < -0.3 is 15.4 Å². The smallest absolute Gasteiger partial charge is 0.407 e. The molecule has 0 aliphatic carbocycles. The Balaban J connectivity index is 2.99. The summed E-state index contributed by atoms with van der Waals surface area (Å²) in [5, 5.41) is 15.7. The number of alkyl carbamates (subject to hydrolysis) is 1. The lowest BCUT2D eigenvalue weighted by Crippen LogP contribution is -2.40. The molecule has 0 fully saturated rings. The molecule has 0 saturated carbocycles. The maximum absolute atomic E-state index is 12.5. The average molecular weight is 391 g/mol. The summed E-state index contributed by atoms with van der Waals surface area (Å²) in [5.41, 5.74) is -0.00792. The van der Waals surface area contributed by atoms with Crippen LogP contribution in [0.2, 0.25) is 0 Å². The second-order valence-corrected chi connectivity index (χ2v) is 7.44. The number of ether oxygens (including phenoxy) is 1. The van der Waals surface area contributed by atoms with Crippen molar-refractivity contribution in [3.05, 3.63) is 15.8 Å². The molecule has 1 aromatic heterocycles. The highest BCUT2D eigenvalue weighted by Crippen LogP contribution is 2.26. The second-order valence-electron chi connectivity index (χ2n) is 4.45. The second kappa shape index (κ2) is 9.41. The minimum absolute atomic E-state index is 0.00792. The van der Waals surface area contributed by atoms with Crippen LogP contribution in [0, 0.1) is 11.3 Å². The van der Waals surface area contributed by atoms with Crippen molar-refractivity contribution in [3.63, 3.8) is 0 Å². The predicted octanol–water partition coefficient (Wildman–Crippen LogP) is 1.43. The highest BCUT2D eigenvalue weighted by molar-refractivity contribution is 7.92. The van der Waals surface area contributed by atoms with Gasteiger partial charge >= 0.3 is 6.09 Å². The van der Waals surface area contributed by atoms with Gasteiger partial charge in [0.25, 0.3) is 10.0 Å². The number of thiocarbonyl (C=S) groups is 1. The molecule has 0 radical (unpaired) electrons. The fraction of sp³-hybridized carbons (Fsp3) is 0.462. The number of amides is 1. The van der Waals surface area contributed by atoms with Gasteiger partial charge in [-0.2, -0.15) is 5.26 Å². The van der Waals surface area contributed by atoms with Gasteiger partial charge in [-0.15, -0.1) is 11.3 Å². The van der Waals surface area contributed by atoms with Crippen LogP contribution in [0.3, 0.4) is 0 Å². The van der Waals surface area contributed by atoms with Crippen LogP contribution < -0.4 is 15.4 Å². The summed E-state index contributed by atoms with van der Waals surface area (Å²) in [6.45, 7) is 4.21. The molecule has 24 heavy (non-hydrogen) atoms. The number of rotatable bonds is 7. The third-order valence-electron chi connectivity index (χ3n) is 2.64. The van der Waals surface area contributed by atoms with Crippen molar-refractivity contribution < 1.29 is 17.9 Å². The van der Waals surface area contributed by atoms with Crippen molar-refractivity contribution in [1.82, 2.24) is 15.4 Å². The normalized spacial score (nSPS) is 10.5. The SMILES string of the molecule is CCCNC(=S)NS(=O)(=O)c1c(C#N)csc1CNC(=O)OCC. The fourth-order valence-electron chi connectivity index (χ4n) is 1.66. The molecular formula is C13H18N4O4S3. The molecule has 0 saturated heterocycles. The molecule has 1 amide bonds. The Hall–Kier alpha value is -1.90. The van der Waals surface area contributed by atoms with Crippen molar-refractivity contribution >= 4 is 44.8 Å². The first-order chi connectivity index (χ1) is 11.4. The maximum Gasteiger partial charge on any atom is 0.407 e. The average Bonchev–Trinajstić information content (AvgIpc) is 2.94. The number of sulfonamides is 1. The highest BCUT2D eigenvalue weighted by atomic mass is 32.2. The topological polar surface area (TPSA) is 120 Å². The Morgan fingerprint density at radius 1 is 1.42 bits per heavy atom. The van der Waals surface area contributed by atoms with E-state index in [9.17, 15) is 13.2 Å². The third-order valence-corrected chi connectivity index (χ3v) is 5.61. The highest BCUT2D eigenvalue weighted by Gasteiger charge is 2.26. The van der Waals surface area contributed by atoms with Crippen molar-refractivity contribution in [2.24, 2.45) is 0 Å². The zero-order valence-corrected chi connectivity index (χ0v) is 15.7. The van der Waals surface area contributed by atoms with Crippen molar-refractivity contribution in [2.45, 2.75) is 31.7 Å². The van der Waals surface area contributed by atoms with Gasteiger partial charge in [-0.3, -0.25) is 4.72 Å². The summed E-state index contributed by atoms with van der Waals surface area (Å²) < 4.78 is 32.0. The lowest BCUT2D eigenvalue weighted by atomic mass is 10.3. The molecule has 0 spiro atoms. The van der Waals surface area contributed by atoms with E-state index in [-0.39, 0.29) is 28.7 Å². The van der Waals surface area contributed by atoms with E-state index in [4.69, 9.17) is 22.2 Å². The maximum atomic E-state index is 12.5. The standard InChI is InChI=1S/C13H18N4O4S3/c1-3-5-15-12(22)17-24(19,20)11-9(6-14)8-23-10(11)7-16-13(18)21-4-2/h8H,3-5,7H2,1-2H3,(H,16,18)(H2,15,17,22). The van der Waals surface area contributed by atoms with E-state index in [1.165, 1.54) is 5.38 Å². The van der Waals surface area contributed by atoms with Crippen LogP contribution in [0.25, 0.3) is 0 Å². The fourth-order valence-corrected chi connectivity index (χ4v) is 4.63. The molecule has 0 unspecified atom stereocenters. The number of hydrogen-bond acceptors (Lipinski definition) is 7. The molecule has 8 nitrogen and oxygen atoms in total. The van der Waals surface area contributed by atoms with E-state index in [1.54, 1.807) is 6.92 Å². The molecule has 1 rings (SSSR count). The zero-order chi connectivity index (χ0) is 18.2. The van der Waals surface area contributed by atoms with E-state index < -0.39 is 16.1 Å². The van der Waals surface area contributed by atoms with E-state index >= 15 is 0 Å². The van der Waals surface area contributed by atoms with Gasteiger partial charge in [-0.25, -0.2) is 13.2 Å². The third kappa shape index (κ3) is 5.63. The largest absolute Gasteiger partial charge is 0.450 e. The predicted molar refractivity (Wildman–Crippen MR) is 94.1 cm³/mol. The first-order valence-corrected chi connectivity index (χ1v) is 9.84. The summed E-state index contributed by atoms with van der Waals surface area (Å²) >= 11 is 5.99. The molecule has 0 aliphatic heterocycles. The first kappa shape index (κ1) is 20.1. The number of nitrogens with zero attached hydrogens (tertiary/aromatic N) is 1. The molecule has 0 bridgehead atoms. The van der Waals surface area contributed by atoms with Crippen LogP contribution in [-0.2, 0) is 21.3 Å². The molecule has 11 heteroatoms. The van der Waals surface area contributed by atoms with Gasteiger partial charge in [-0.05, 0) is 25.6 Å². The van der Waals surface area contributed by atoms with Crippen LogP contribution in [0.1, 0.15) is 30.7 Å². The molecule has 3 N–H and O–H groups in total. The van der Waals surface area contributed by atoms with E-state index in [0.29, 0.717) is 11.4 Å². The van der Waals surface area contributed by atoms with Gasteiger partial charge in [0.05, 0.1) is 18.7 Å². The van der Waals surface area contributed by atoms with E-state index in [0.717, 1.165) is 17.8 Å². The summed E-state index contributed by atoms with van der Waals surface area (Å²) in [6.07, 6.45) is 0.110. The Labute approximate surface area is 150 Å². The van der Waals surface area contributed by atoms with Gasteiger partial charge in [0.2, 0.25) is 0 Å². The molecule has 1 heterocycles. The Kier molecular flexibility index (Phi) is 7.90. The Morgan fingerprint density at radius 2 is 2.12 bits per heavy atom. The lowest BCUT2D eigenvalue weighted by molar-refractivity contribution is 0.151. The number of nitriles is 1. The van der Waals surface area contributed by atoms with Crippen LogP contribution in [-0.4, -0.2) is 32.8 Å². The van der Waals surface area contributed by atoms with E-state index in [2.05, 4.69) is 15.4 Å². The number of carbonyl (C=O) groups excluding carboxylic acids is 1. The van der Waals surface area contributed by atoms with Crippen molar-refractivity contribution in [1.29, 1.82) is 5.26 Å². The van der Waals surface area contributed by atoms with Gasteiger partial charge in [-0.1, -0.05) is 6.92 Å². The van der Waals surface area contributed by atoms with Crippen molar-refractivity contribution in [2.75, 3.05) is 13.2 Å².